The number of fused-ring (bicyclic) bond motifs is 2. The van der Waals surface area contributed by atoms with Gasteiger partial charge in [-0.05, 0) is 57.3 Å². The minimum atomic E-state index is 0.507. The van der Waals surface area contributed by atoms with Crippen LogP contribution in [0.3, 0.4) is 0 Å². The lowest BCUT2D eigenvalue weighted by molar-refractivity contribution is 0.304. The Balaban J connectivity index is 1.66. The lowest BCUT2D eigenvalue weighted by Crippen LogP contribution is -2.30. The molecule has 21 heavy (non-hydrogen) atoms. The molecule has 2 saturated carbocycles. The molecule has 1 aromatic rings. The lowest BCUT2D eigenvalue weighted by Gasteiger charge is -2.29. The summed E-state index contributed by atoms with van der Waals surface area (Å²) >= 11 is 0. The van der Waals surface area contributed by atoms with Crippen molar-refractivity contribution in [1.82, 2.24) is 9.97 Å². The second-order valence-electron chi connectivity index (χ2n) is 6.89. The Kier molecular flexibility index (Phi) is 4.32. The van der Waals surface area contributed by atoms with Gasteiger partial charge in [-0.15, -0.1) is 0 Å². The molecule has 2 fully saturated rings. The van der Waals surface area contributed by atoms with Crippen molar-refractivity contribution >= 4 is 11.6 Å². The highest BCUT2D eigenvalue weighted by molar-refractivity contribution is 5.56. The van der Waals surface area contributed by atoms with E-state index in [4.69, 9.17) is 0 Å². The van der Waals surface area contributed by atoms with Crippen molar-refractivity contribution in [2.24, 2.45) is 17.8 Å². The Hall–Kier alpha value is -1.32. The summed E-state index contributed by atoms with van der Waals surface area (Å²) in [6.07, 6.45) is 8.54. The Bertz CT molecular complexity index is 488. The third kappa shape index (κ3) is 2.99. The molecular weight excluding hydrogens is 260 g/mol. The van der Waals surface area contributed by atoms with E-state index in [0.717, 1.165) is 47.9 Å². The Morgan fingerprint density at radius 2 is 2.05 bits per heavy atom. The van der Waals surface area contributed by atoms with Crippen LogP contribution in [-0.4, -0.2) is 22.6 Å². The number of hydrogen-bond acceptors (Lipinski definition) is 4. The number of rotatable bonds is 6. The normalized spacial score (nSPS) is 28.6. The van der Waals surface area contributed by atoms with Crippen LogP contribution in [0.5, 0.6) is 0 Å². The minimum Gasteiger partial charge on any atom is -0.370 e. The SMILES string of the molecule is CCCNc1ncnc(NC(C)C2CC3CCC2C3)c1C. The van der Waals surface area contributed by atoms with Gasteiger partial charge in [0.1, 0.15) is 18.0 Å². The monoisotopic (exact) mass is 288 g/mol. The molecule has 2 N–H and O–H groups in total. The predicted molar refractivity (Wildman–Crippen MR) is 87.6 cm³/mol. The first kappa shape index (κ1) is 14.6. The first-order valence-electron chi connectivity index (χ1n) is 8.51. The lowest BCUT2D eigenvalue weighted by atomic mass is 9.84. The van der Waals surface area contributed by atoms with E-state index in [2.05, 4.69) is 41.4 Å². The maximum Gasteiger partial charge on any atom is 0.134 e. The molecule has 4 nitrogen and oxygen atoms in total. The van der Waals surface area contributed by atoms with Crippen LogP contribution in [0.15, 0.2) is 6.33 Å². The van der Waals surface area contributed by atoms with Crippen LogP contribution in [0.2, 0.25) is 0 Å². The highest BCUT2D eigenvalue weighted by Crippen LogP contribution is 2.49. The molecule has 3 rings (SSSR count). The Morgan fingerprint density at radius 1 is 1.24 bits per heavy atom. The molecule has 116 valence electrons. The standard InChI is InChI=1S/C17H28N4/c1-4-7-18-16-11(2)17(20-10-19-16)21-12(3)15-9-13-5-6-14(15)8-13/h10,12-15H,4-9H2,1-3H3,(H2,18,19,20,21). The average molecular weight is 288 g/mol. The van der Waals surface area contributed by atoms with Gasteiger partial charge in [0.25, 0.3) is 0 Å². The highest BCUT2D eigenvalue weighted by atomic mass is 15.1. The van der Waals surface area contributed by atoms with Crippen molar-refractivity contribution < 1.29 is 0 Å². The largest absolute Gasteiger partial charge is 0.370 e. The van der Waals surface area contributed by atoms with E-state index in [0.29, 0.717) is 6.04 Å². The van der Waals surface area contributed by atoms with Gasteiger partial charge in [-0.1, -0.05) is 13.3 Å². The highest BCUT2D eigenvalue weighted by Gasteiger charge is 2.41. The molecule has 0 aliphatic heterocycles. The van der Waals surface area contributed by atoms with Crippen LogP contribution in [0.4, 0.5) is 11.6 Å². The zero-order valence-corrected chi connectivity index (χ0v) is 13.5. The fourth-order valence-electron chi connectivity index (χ4n) is 4.25. The van der Waals surface area contributed by atoms with Crippen molar-refractivity contribution in [3.63, 3.8) is 0 Å². The van der Waals surface area contributed by atoms with Gasteiger partial charge in [-0.3, -0.25) is 0 Å². The number of hydrogen-bond donors (Lipinski definition) is 2. The van der Waals surface area contributed by atoms with Crippen LogP contribution in [0.1, 0.15) is 51.5 Å². The molecule has 4 atom stereocenters. The second kappa shape index (κ2) is 6.20. The summed E-state index contributed by atoms with van der Waals surface area (Å²) in [4.78, 5) is 8.82. The van der Waals surface area contributed by atoms with E-state index < -0.39 is 0 Å². The van der Waals surface area contributed by atoms with Crippen molar-refractivity contribution in [3.05, 3.63) is 11.9 Å². The molecule has 0 aromatic carbocycles. The third-order valence-corrected chi connectivity index (χ3v) is 5.43. The summed E-state index contributed by atoms with van der Waals surface area (Å²) in [5.41, 5.74) is 1.14. The molecule has 4 unspecified atom stereocenters. The minimum absolute atomic E-state index is 0.507. The van der Waals surface area contributed by atoms with Gasteiger partial charge in [0.15, 0.2) is 0 Å². The maximum absolute atomic E-state index is 4.46. The number of anilines is 2. The molecule has 2 bridgehead atoms. The first-order chi connectivity index (χ1) is 10.2. The molecule has 1 aromatic heterocycles. The van der Waals surface area contributed by atoms with Gasteiger partial charge in [-0.2, -0.15) is 0 Å². The topological polar surface area (TPSA) is 49.8 Å². The average Bonchev–Trinajstić information content (AvgIpc) is 3.11. The van der Waals surface area contributed by atoms with Crippen LogP contribution >= 0.6 is 0 Å². The Morgan fingerprint density at radius 3 is 2.71 bits per heavy atom. The van der Waals surface area contributed by atoms with E-state index >= 15 is 0 Å². The molecule has 0 amide bonds. The summed E-state index contributed by atoms with van der Waals surface area (Å²) < 4.78 is 0. The fraction of sp³-hybridized carbons (Fsp3) is 0.765. The van der Waals surface area contributed by atoms with Crippen molar-refractivity contribution in [2.45, 2.75) is 58.9 Å². The Labute approximate surface area is 128 Å². The van der Waals surface area contributed by atoms with E-state index in [9.17, 15) is 0 Å². The quantitative estimate of drug-likeness (QED) is 0.835. The molecule has 0 radical (unpaired) electrons. The van der Waals surface area contributed by atoms with Crippen LogP contribution in [0.25, 0.3) is 0 Å². The molecule has 1 heterocycles. The van der Waals surface area contributed by atoms with Gasteiger partial charge in [0.2, 0.25) is 0 Å². The molecule has 0 saturated heterocycles. The van der Waals surface area contributed by atoms with Crippen LogP contribution in [0, 0.1) is 24.7 Å². The van der Waals surface area contributed by atoms with Crippen molar-refractivity contribution in [3.8, 4) is 0 Å². The van der Waals surface area contributed by atoms with Gasteiger partial charge in [0.05, 0.1) is 0 Å². The summed E-state index contributed by atoms with van der Waals surface area (Å²) in [6.45, 7) is 7.55. The number of nitrogens with one attached hydrogen (secondary N) is 2. The van der Waals surface area contributed by atoms with Gasteiger partial charge in [0, 0.05) is 18.2 Å². The predicted octanol–water partition coefficient (Wildman–Crippen LogP) is 3.84. The molecule has 0 spiro atoms. The summed E-state index contributed by atoms with van der Waals surface area (Å²) in [7, 11) is 0. The van der Waals surface area contributed by atoms with Crippen LogP contribution in [-0.2, 0) is 0 Å². The molecule has 2 aliphatic carbocycles. The van der Waals surface area contributed by atoms with Crippen molar-refractivity contribution in [2.75, 3.05) is 17.2 Å². The molecular formula is C17H28N4. The second-order valence-corrected chi connectivity index (χ2v) is 6.89. The van der Waals surface area contributed by atoms with E-state index in [1.165, 1.54) is 25.7 Å². The summed E-state index contributed by atoms with van der Waals surface area (Å²) in [5.74, 6) is 4.73. The molecule has 4 heteroatoms. The summed E-state index contributed by atoms with van der Waals surface area (Å²) in [5, 5.41) is 7.04. The zero-order valence-electron chi connectivity index (χ0n) is 13.5. The number of aromatic nitrogens is 2. The molecule has 2 aliphatic rings. The summed E-state index contributed by atoms with van der Waals surface area (Å²) in [6, 6.07) is 0.507. The van der Waals surface area contributed by atoms with Gasteiger partial charge in [-0.25, -0.2) is 9.97 Å². The fourth-order valence-corrected chi connectivity index (χ4v) is 4.25. The first-order valence-corrected chi connectivity index (χ1v) is 8.51. The zero-order chi connectivity index (χ0) is 14.8. The van der Waals surface area contributed by atoms with Gasteiger partial charge >= 0.3 is 0 Å². The third-order valence-electron chi connectivity index (χ3n) is 5.43. The van der Waals surface area contributed by atoms with Crippen molar-refractivity contribution in [1.29, 1.82) is 0 Å². The van der Waals surface area contributed by atoms with Crippen LogP contribution < -0.4 is 10.6 Å². The van der Waals surface area contributed by atoms with Gasteiger partial charge < -0.3 is 10.6 Å². The maximum atomic E-state index is 4.46. The van der Waals surface area contributed by atoms with E-state index in [1.54, 1.807) is 6.33 Å². The smallest absolute Gasteiger partial charge is 0.134 e. The van der Waals surface area contributed by atoms with E-state index in [-0.39, 0.29) is 0 Å². The number of nitrogens with zero attached hydrogens (tertiary/aromatic N) is 2. The van der Waals surface area contributed by atoms with E-state index in [1.807, 2.05) is 0 Å².